The van der Waals surface area contributed by atoms with E-state index in [1.165, 1.54) is 45.2 Å². The molecule has 1 aliphatic carbocycles. The summed E-state index contributed by atoms with van der Waals surface area (Å²) >= 11 is 0. The Kier molecular flexibility index (Phi) is 4.00. The first kappa shape index (κ1) is 11.4. The van der Waals surface area contributed by atoms with Gasteiger partial charge in [-0.3, -0.25) is 0 Å². The lowest BCUT2D eigenvalue weighted by molar-refractivity contribution is 0.128. The normalized spacial score (nSPS) is 27.6. The first-order valence-electron chi connectivity index (χ1n) is 6.49. The summed E-state index contributed by atoms with van der Waals surface area (Å²) in [7, 11) is 0. The van der Waals surface area contributed by atoms with Gasteiger partial charge in [-0.1, -0.05) is 6.42 Å². The van der Waals surface area contributed by atoms with Crippen LogP contribution in [0.25, 0.3) is 0 Å². The third kappa shape index (κ3) is 2.71. The van der Waals surface area contributed by atoms with Crippen LogP contribution >= 0.6 is 0 Å². The van der Waals surface area contributed by atoms with Crippen LogP contribution in [0.5, 0.6) is 0 Å². The van der Waals surface area contributed by atoms with E-state index in [4.69, 9.17) is 11.5 Å². The molecule has 0 bridgehead atoms. The van der Waals surface area contributed by atoms with Crippen molar-refractivity contribution in [3.8, 4) is 0 Å². The Balaban J connectivity index is 1.72. The fraction of sp³-hybridized carbons (Fsp3) is 1.00. The van der Waals surface area contributed by atoms with Crippen molar-refractivity contribution >= 4 is 0 Å². The minimum absolute atomic E-state index is 0.485. The second-order valence-electron chi connectivity index (χ2n) is 5.24. The number of hydrogen-bond donors (Lipinski definition) is 2. The molecular weight excluding hydrogens is 186 g/mol. The number of nitrogens with two attached hydrogens (primary N) is 2. The summed E-state index contributed by atoms with van der Waals surface area (Å²) in [6.07, 6.45) is 6.74. The molecule has 0 aromatic rings. The summed E-state index contributed by atoms with van der Waals surface area (Å²) in [6, 6.07) is 0.485. The first-order chi connectivity index (χ1) is 7.31. The average Bonchev–Trinajstić information content (AvgIpc) is 2.16. The smallest absolute Gasteiger partial charge is 0.0105 e. The highest BCUT2D eigenvalue weighted by molar-refractivity contribution is 4.88. The molecule has 2 rings (SSSR count). The molecule has 0 aromatic carbocycles. The summed E-state index contributed by atoms with van der Waals surface area (Å²) in [4.78, 5) is 2.48. The van der Waals surface area contributed by atoms with Crippen molar-refractivity contribution in [3.05, 3.63) is 0 Å². The molecule has 4 N–H and O–H groups in total. The predicted octanol–water partition coefficient (Wildman–Crippen LogP) is 0.784. The molecule has 3 nitrogen and oxygen atoms in total. The molecule has 2 aliphatic rings. The standard InChI is InChI=1S/C12H25N3/c13-6-9-15-7-4-11(5-8-15)12(14)10-2-1-3-10/h10-12H,1-9,13-14H2. The number of piperidine rings is 1. The van der Waals surface area contributed by atoms with Crippen molar-refractivity contribution in [2.45, 2.75) is 38.1 Å². The van der Waals surface area contributed by atoms with Gasteiger partial charge in [0.05, 0.1) is 0 Å². The number of hydrogen-bond acceptors (Lipinski definition) is 3. The average molecular weight is 211 g/mol. The van der Waals surface area contributed by atoms with E-state index >= 15 is 0 Å². The van der Waals surface area contributed by atoms with Gasteiger partial charge in [0.15, 0.2) is 0 Å². The summed E-state index contributed by atoms with van der Waals surface area (Å²) in [5.74, 6) is 1.63. The SMILES string of the molecule is NCCN1CCC(C(N)C2CCC2)CC1. The summed E-state index contributed by atoms with van der Waals surface area (Å²) in [6.45, 7) is 4.27. The van der Waals surface area contributed by atoms with E-state index in [2.05, 4.69) is 4.90 Å². The maximum Gasteiger partial charge on any atom is 0.0105 e. The molecule has 0 spiro atoms. The lowest BCUT2D eigenvalue weighted by Gasteiger charge is -2.40. The fourth-order valence-corrected chi connectivity index (χ4v) is 2.95. The zero-order valence-electron chi connectivity index (χ0n) is 9.70. The Morgan fingerprint density at radius 2 is 1.67 bits per heavy atom. The molecule has 1 unspecified atom stereocenters. The van der Waals surface area contributed by atoms with E-state index in [0.717, 1.165) is 24.9 Å². The highest BCUT2D eigenvalue weighted by atomic mass is 15.1. The quantitative estimate of drug-likeness (QED) is 0.722. The molecule has 1 atom stereocenters. The summed E-state index contributed by atoms with van der Waals surface area (Å²) < 4.78 is 0. The molecule has 15 heavy (non-hydrogen) atoms. The van der Waals surface area contributed by atoms with Crippen LogP contribution in [0.3, 0.4) is 0 Å². The van der Waals surface area contributed by atoms with Crippen molar-refractivity contribution in [3.63, 3.8) is 0 Å². The Morgan fingerprint density at radius 3 is 2.13 bits per heavy atom. The van der Waals surface area contributed by atoms with Crippen molar-refractivity contribution in [1.29, 1.82) is 0 Å². The molecule has 0 radical (unpaired) electrons. The van der Waals surface area contributed by atoms with Crippen molar-refractivity contribution in [2.75, 3.05) is 26.2 Å². The topological polar surface area (TPSA) is 55.3 Å². The van der Waals surface area contributed by atoms with Crippen molar-refractivity contribution in [1.82, 2.24) is 4.90 Å². The van der Waals surface area contributed by atoms with Gasteiger partial charge in [0.25, 0.3) is 0 Å². The Morgan fingerprint density at radius 1 is 1.07 bits per heavy atom. The maximum absolute atomic E-state index is 6.33. The van der Waals surface area contributed by atoms with Gasteiger partial charge in [-0.25, -0.2) is 0 Å². The van der Waals surface area contributed by atoms with Crippen LogP contribution in [-0.4, -0.2) is 37.1 Å². The second-order valence-corrected chi connectivity index (χ2v) is 5.24. The van der Waals surface area contributed by atoms with Crippen LogP contribution in [0, 0.1) is 11.8 Å². The zero-order chi connectivity index (χ0) is 10.7. The minimum atomic E-state index is 0.485. The Labute approximate surface area is 93.2 Å². The van der Waals surface area contributed by atoms with Gasteiger partial charge in [-0.15, -0.1) is 0 Å². The monoisotopic (exact) mass is 211 g/mol. The van der Waals surface area contributed by atoms with Gasteiger partial charge in [0, 0.05) is 19.1 Å². The van der Waals surface area contributed by atoms with E-state index < -0.39 is 0 Å². The molecule has 1 saturated carbocycles. The third-order valence-corrected chi connectivity index (χ3v) is 4.32. The van der Waals surface area contributed by atoms with Gasteiger partial charge < -0.3 is 16.4 Å². The summed E-state index contributed by atoms with van der Waals surface area (Å²) in [5, 5.41) is 0. The molecule has 0 amide bonds. The predicted molar refractivity (Wildman–Crippen MR) is 63.5 cm³/mol. The van der Waals surface area contributed by atoms with Gasteiger partial charge >= 0.3 is 0 Å². The molecule has 1 heterocycles. The van der Waals surface area contributed by atoms with E-state index in [1.807, 2.05) is 0 Å². The van der Waals surface area contributed by atoms with Crippen LogP contribution in [0.15, 0.2) is 0 Å². The van der Waals surface area contributed by atoms with Crippen LogP contribution in [0.1, 0.15) is 32.1 Å². The lowest BCUT2D eigenvalue weighted by atomic mass is 9.73. The Hall–Kier alpha value is -0.120. The first-order valence-corrected chi connectivity index (χ1v) is 6.49. The van der Waals surface area contributed by atoms with Gasteiger partial charge in [0.1, 0.15) is 0 Å². The molecule has 2 fully saturated rings. The fourth-order valence-electron chi connectivity index (χ4n) is 2.95. The Bertz CT molecular complexity index is 183. The third-order valence-electron chi connectivity index (χ3n) is 4.32. The van der Waals surface area contributed by atoms with E-state index in [1.54, 1.807) is 0 Å². The highest BCUT2D eigenvalue weighted by Gasteiger charge is 2.32. The second kappa shape index (κ2) is 5.28. The maximum atomic E-state index is 6.33. The highest BCUT2D eigenvalue weighted by Crippen LogP contribution is 2.34. The largest absolute Gasteiger partial charge is 0.329 e. The van der Waals surface area contributed by atoms with Crippen LogP contribution in [-0.2, 0) is 0 Å². The molecule has 0 aromatic heterocycles. The lowest BCUT2D eigenvalue weighted by Crippen LogP contribution is -2.46. The minimum Gasteiger partial charge on any atom is -0.329 e. The van der Waals surface area contributed by atoms with Crippen molar-refractivity contribution < 1.29 is 0 Å². The number of likely N-dealkylation sites (tertiary alicyclic amines) is 1. The number of rotatable bonds is 4. The molecular formula is C12H25N3. The van der Waals surface area contributed by atoms with Crippen LogP contribution in [0.4, 0.5) is 0 Å². The summed E-state index contributed by atoms with van der Waals surface area (Å²) in [5.41, 5.74) is 11.9. The van der Waals surface area contributed by atoms with Crippen LogP contribution in [0.2, 0.25) is 0 Å². The van der Waals surface area contributed by atoms with Gasteiger partial charge in [-0.05, 0) is 50.6 Å². The van der Waals surface area contributed by atoms with E-state index in [-0.39, 0.29) is 0 Å². The molecule has 88 valence electrons. The van der Waals surface area contributed by atoms with Crippen LogP contribution < -0.4 is 11.5 Å². The van der Waals surface area contributed by atoms with E-state index in [9.17, 15) is 0 Å². The van der Waals surface area contributed by atoms with Gasteiger partial charge in [0.2, 0.25) is 0 Å². The van der Waals surface area contributed by atoms with E-state index in [0.29, 0.717) is 6.04 Å². The van der Waals surface area contributed by atoms with Gasteiger partial charge in [-0.2, -0.15) is 0 Å². The molecule has 3 heteroatoms. The number of nitrogens with zero attached hydrogens (tertiary/aromatic N) is 1. The molecule has 1 aliphatic heterocycles. The zero-order valence-corrected chi connectivity index (χ0v) is 9.70. The molecule has 1 saturated heterocycles. The van der Waals surface area contributed by atoms with Crippen molar-refractivity contribution in [2.24, 2.45) is 23.3 Å².